The second-order valence-electron chi connectivity index (χ2n) is 11.5. The number of piperidine rings is 1. The largest absolute Gasteiger partial charge is 0.353 e. The summed E-state index contributed by atoms with van der Waals surface area (Å²) >= 11 is 0. The van der Waals surface area contributed by atoms with Gasteiger partial charge < -0.3 is 10.6 Å². The minimum atomic E-state index is -0.202. The van der Waals surface area contributed by atoms with Crippen molar-refractivity contribution in [3.8, 4) is 0 Å². The zero-order valence-corrected chi connectivity index (χ0v) is 20.1. The van der Waals surface area contributed by atoms with Gasteiger partial charge in [0.05, 0.1) is 5.41 Å². The molecular weight excluding hydrogens is 380 g/mol. The quantitative estimate of drug-likeness (QED) is 0.497. The Bertz CT molecular complexity index is 754. The molecule has 1 saturated heterocycles. The van der Waals surface area contributed by atoms with Crippen LogP contribution in [-0.4, -0.2) is 25.0 Å². The molecule has 0 aromatic heterocycles. The van der Waals surface area contributed by atoms with E-state index in [0.29, 0.717) is 29.2 Å². The molecular formula is C28H44N2O. The summed E-state index contributed by atoms with van der Waals surface area (Å²) in [5.41, 5.74) is 1.51. The molecule has 0 radical (unpaired) electrons. The fourth-order valence-corrected chi connectivity index (χ4v) is 8.04. The Morgan fingerprint density at radius 1 is 1.16 bits per heavy atom. The zero-order valence-electron chi connectivity index (χ0n) is 20.1. The van der Waals surface area contributed by atoms with Crippen molar-refractivity contribution in [3.63, 3.8) is 0 Å². The molecule has 6 atom stereocenters. The number of carbonyl (C=O) groups excluding carboxylic acids is 1. The third-order valence-corrected chi connectivity index (χ3v) is 9.44. The van der Waals surface area contributed by atoms with Crippen LogP contribution in [0.2, 0.25) is 0 Å². The van der Waals surface area contributed by atoms with E-state index in [2.05, 4.69) is 62.3 Å². The van der Waals surface area contributed by atoms with E-state index in [-0.39, 0.29) is 10.8 Å². The summed E-state index contributed by atoms with van der Waals surface area (Å²) in [6.45, 7) is 13.3. The van der Waals surface area contributed by atoms with E-state index in [1.54, 1.807) is 0 Å². The van der Waals surface area contributed by atoms with Crippen molar-refractivity contribution < 1.29 is 4.79 Å². The van der Waals surface area contributed by atoms with E-state index >= 15 is 0 Å². The Balaban J connectivity index is 1.66. The van der Waals surface area contributed by atoms with Crippen LogP contribution in [0.4, 0.5) is 0 Å². The molecule has 1 aliphatic heterocycles. The third kappa shape index (κ3) is 4.08. The molecule has 3 saturated carbocycles. The number of hydrogen-bond donors (Lipinski definition) is 2. The van der Waals surface area contributed by atoms with Crippen LogP contribution in [0.1, 0.15) is 85.0 Å². The van der Waals surface area contributed by atoms with Crippen LogP contribution in [0.15, 0.2) is 36.5 Å². The highest BCUT2D eigenvalue weighted by atomic mass is 16.2. The molecule has 3 nitrogen and oxygen atoms in total. The first kappa shape index (κ1) is 22.8. The molecule has 0 spiro atoms. The Labute approximate surface area is 190 Å². The Hall–Kier alpha value is -1.35. The van der Waals surface area contributed by atoms with Crippen LogP contribution in [-0.2, 0) is 4.79 Å². The van der Waals surface area contributed by atoms with Gasteiger partial charge in [0.25, 0.3) is 0 Å². The lowest BCUT2D eigenvalue weighted by Crippen LogP contribution is -2.62. The number of fused-ring (bicyclic) bond motifs is 2. The van der Waals surface area contributed by atoms with Gasteiger partial charge in [-0.25, -0.2) is 0 Å². The molecule has 172 valence electrons. The molecule has 3 aliphatic carbocycles. The first-order chi connectivity index (χ1) is 14.9. The first-order valence-corrected chi connectivity index (χ1v) is 12.9. The van der Waals surface area contributed by atoms with Crippen LogP contribution >= 0.6 is 0 Å². The SMILES string of the molecule is C=C(/C=C\C=C/C)[C@]12CC3(C(=O)NC4CCNCC4C)CCC1CC[C@@](CCC)(C3)C2. The smallest absolute Gasteiger partial charge is 0.226 e. The topological polar surface area (TPSA) is 41.1 Å². The van der Waals surface area contributed by atoms with Crippen LogP contribution in [0, 0.1) is 28.1 Å². The summed E-state index contributed by atoms with van der Waals surface area (Å²) < 4.78 is 0. The van der Waals surface area contributed by atoms with Gasteiger partial charge >= 0.3 is 0 Å². The van der Waals surface area contributed by atoms with Crippen LogP contribution in [0.25, 0.3) is 0 Å². The molecule has 4 aliphatic rings. The maximum absolute atomic E-state index is 14.0. The van der Waals surface area contributed by atoms with Gasteiger partial charge in [-0.15, -0.1) is 0 Å². The molecule has 0 aromatic rings. The second-order valence-corrected chi connectivity index (χ2v) is 11.5. The van der Waals surface area contributed by atoms with E-state index in [4.69, 9.17) is 0 Å². The first-order valence-electron chi connectivity index (χ1n) is 12.9. The molecule has 0 aromatic carbocycles. The van der Waals surface area contributed by atoms with Crippen molar-refractivity contribution in [3.05, 3.63) is 36.5 Å². The molecule has 31 heavy (non-hydrogen) atoms. The van der Waals surface area contributed by atoms with Gasteiger partial charge in [0.1, 0.15) is 0 Å². The van der Waals surface area contributed by atoms with E-state index in [9.17, 15) is 4.79 Å². The molecule has 1 heterocycles. The van der Waals surface area contributed by atoms with Crippen molar-refractivity contribution in [2.75, 3.05) is 13.1 Å². The lowest BCUT2D eigenvalue weighted by molar-refractivity contribution is -0.164. The van der Waals surface area contributed by atoms with Crippen molar-refractivity contribution in [1.82, 2.24) is 10.6 Å². The standard InChI is InChI=1S/C28H44N2O/c1-5-7-8-9-22(4)28-19-26(13-6-2)14-10-23(28)11-15-27(18-26,20-28)25(31)30-24-12-16-29-17-21(24)3/h5,7-9,21,23-24,29H,4,6,10-20H2,1-3H3,(H,30,31)/b7-5-,9-8-/t21?,23?,24?,26-,27?,28-/m0/s1. The molecule has 4 rings (SSSR count). The Morgan fingerprint density at radius 2 is 1.97 bits per heavy atom. The number of amides is 1. The highest BCUT2D eigenvalue weighted by Gasteiger charge is 2.64. The number of allylic oxidation sites excluding steroid dienone is 5. The maximum atomic E-state index is 14.0. The van der Waals surface area contributed by atoms with Crippen LogP contribution < -0.4 is 10.6 Å². The van der Waals surface area contributed by atoms with Crippen molar-refractivity contribution in [2.24, 2.45) is 28.1 Å². The summed E-state index contributed by atoms with van der Waals surface area (Å²) in [7, 11) is 0. The summed E-state index contributed by atoms with van der Waals surface area (Å²) in [6.07, 6.45) is 20.3. The van der Waals surface area contributed by atoms with Crippen molar-refractivity contribution in [2.45, 2.75) is 91.0 Å². The highest BCUT2D eigenvalue weighted by molar-refractivity contribution is 5.83. The zero-order chi connectivity index (χ0) is 22.1. The second kappa shape index (κ2) is 8.89. The minimum Gasteiger partial charge on any atom is -0.353 e. The van der Waals surface area contributed by atoms with Gasteiger partial charge in [-0.2, -0.15) is 0 Å². The van der Waals surface area contributed by atoms with E-state index < -0.39 is 0 Å². The number of hydrogen-bond acceptors (Lipinski definition) is 2. The number of nitrogens with one attached hydrogen (secondary N) is 2. The van der Waals surface area contributed by atoms with Crippen molar-refractivity contribution >= 4 is 5.91 Å². The summed E-state index contributed by atoms with van der Waals surface area (Å²) in [6, 6.07) is 0.318. The summed E-state index contributed by atoms with van der Waals surface area (Å²) in [4.78, 5) is 14.0. The molecule has 3 bridgehead atoms. The molecule has 3 heteroatoms. The molecule has 4 unspecified atom stereocenters. The summed E-state index contributed by atoms with van der Waals surface area (Å²) in [5.74, 6) is 1.56. The summed E-state index contributed by atoms with van der Waals surface area (Å²) in [5, 5.41) is 7.05. The highest BCUT2D eigenvalue weighted by Crippen LogP contribution is 2.71. The Morgan fingerprint density at radius 3 is 2.71 bits per heavy atom. The monoisotopic (exact) mass is 424 g/mol. The third-order valence-electron chi connectivity index (χ3n) is 9.44. The molecule has 2 N–H and O–H groups in total. The van der Waals surface area contributed by atoms with E-state index in [1.807, 2.05) is 0 Å². The van der Waals surface area contributed by atoms with Crippen molar-refractivity contribution in [1.29, 1.82) is 0 Å². The normalized spacial score (nSPS) is 42.2. The number of carbonyl (C=O) groups is 1. The molecule has 1 amide bonds. The van der Waals surface area contributed by atoms with Crippen LogP contribution in [0.5, 0.6) is 0 Å². The predicted molar refractivity (Wildman–Crippen MR) is 130 cm³/mol. The maximum Gasteiger partial charge on any atom is 0.226 e. The van der Waals surface area contributed by atoms with Crippen LogP contribution in [0.3, 0.4) is 0 Å². The fourth-order valence-electron chi connectivity index (χ4n) is 8.04. The fraction of sp³-hybridized carbons (Fsp3) is 0.750. The van der Waals surface area contributed by atoms with Gasteiger partial charge in [-0.1, -0.05) is 51.2 Å². The number of rotatable bonds is 7. The average Bonchev–Trinajstić information content (AvgIpc) is 2.74. The average molecular weight is 425 g/mol. The minimum absolute atomic E-state index is 0.110. The predicted octanol–water partition coefficient (Wildman–Crippen LogP) is 5.94. The molecule has 4 fully saturated rings. The van der Waals surface area contributed by atoms with Gasteiger partial charge in [0.15, 0.2) is 0 Å². The Kier molecular flexibility index (Phi) is 6.54. The van der Waals surface area contributed by atoms with E-state index in [1.165, 1.54) is 44.1 Å². The van der Waals surface area contributed by atoms with Gasteiger partial charge in [0.2, 0.25) is 5.91 Å². The van der Waals surface area contributed by atoms with E-state index in [0.717, 1.165) is 38.8 Å². The van der Waals surface area contributed by atoms with Gasteiger partial charge in [-0.3, -0.25) is 4.79 Å². The lowest BCUT2D eigenvalue weighted by atomic mass is 9.38. The van der Waals surface area contributed by atoms with Gasteiger partial charge in [-0.05, 0) is 106 Å². The lowest BCUT2D eigenvalue weighted by Gasteiger charge is -2.66. The van der Waals surface area contributed by atoms with Gasteiger partial charge in [0, 0.05) is 6.04 Å².